The van der Waals surface area contributed by atoms with Gasteiger partial charge in [-0.25, -0.2) is 9.97 Å². The molecule has 0 amide bonds. The summed E-state index contributed by atoms with van der Waals surface area (Å²) in [6.45, 7) is 2.39. The standard InChI is InChI=1S/C14H18N6S/c1-8-6-10(7-15)17-13(16-8)21-14-19-18-12(9-2-3-9)20(14)11-4-5-11/h6,9,11H,2-5,7,15H2,1H3. The highest BCUT2D eigenvalue weighted by molar-refractivity contribution is 7.99. The molecule has 21 heavy (non-hydrogen) atoms. The normalized spacial score (nSPS) is 18.2. The van der Waals surface area contributed by atoms with Crippen LogP contribution in [-0.2, 0) is 6.54 Å². The van der Waals surface area contributed by atoms with E-state index in [1.165, 1.54) is 37.4 Å². The lowest BCUT2D eigenvalue weighted by atomic mass is 10.3. The van der Waals surface area contributed by atoms with Crippen molar-refractivity contribution >= 4 is 11.8 Å². The van der Waals surface area contributed by atoms with E-state index >= 15 is 0 Å². The number of rotatable bonds is 5. The summed E-state index contributed by atoms with van der Waals surface area (Å²) >= 11 is 1.50. The molecule has 0 atom stereocenters. The van der Waals surface area contributed by atoms with Crippen molar-refractivity contribution in [2.45, 2.75) is 61.4 Å². The third-order valence-electron chi connectivity index (χ3n) is 3.82. The van der Waals surface area contributed by atoms with E-state index in [-0.39, 0.29) is 0 Å². The van der Waals surface area contributed by atoms with Gasteiger partial charge in [-0.1, -0.05) is 0 Å². The largest absolute Gasteiger partial charge is 0.325 e. The molecular formula is C14H18N6S. The summed E-state index contributed by atoms with van der Waals surface area (Å²) in [6, 6.07) is 2.50. The van der Waals surface area contributed by atoms with E-state index in [2.05, 4.69) is 24.7 Å². The molecule has 2 aromatic heterocycles. The minimum atomic E-state index is 0.430. The molecule has 0 spiro atoms. The molecule has 2 fully saturated rings. The van der Waals surface area contributed by atoms with E-state index in [0.29, 0.717) is 23.7 Å². The van der Waals surface area contributed by atoms with Crippen LogP contribution in [0.3, 0.4) is 0 Å². The number of aryl methyl sites for hydroxylation is 1. The van der Waals surface area contributed by atoms with Crippen molar-refractivity contribution in [3.8, 4) is 0 Å². The van der Waals surface area contributed by atoms with Crippen LogP contribution in [0, 0.1) is 6.92 Å². The molecule has 2 N–H and O–H groups in total. The van der Waals surface area contributed by atoms with Gasteiger partial charge in [-0.05, 0) is 50.4 Å². The number of hydrogen-bond acceptors (Lipinski definition) is 6. The zero-order valence-corrected chi connectivity index (χ0v) is 12.8. The molecule has 7 heteroatoms. The summed E-state index contributed by atoms with van der Waals surface area (Å²) in [5.74, 6) is 1.78. The highest BCUT2D eigenvalue weighted by atomic mass is 32.2. The van der Waals surface area contributed by atoms with Crippen LogP contribution in [0.4, 0.5) is 0 Å². The predicted octanol–water partition coefficient (Wildman–Crippen LogP) is 2.20. The lowest BCUT2D eigenvalue weighted by Crippen LogP contribution is -2.05. The quantitative estimate of drug-likeness (QED) is 0.853. The van der Waals surface area contributed by atoms with Crippen LogP contribution in [0.5, 0.6) is 0 Å². The van der Waals surface area contributed by atoms with Crippen molar-refractivity contribution < 1.29 is 0 Å². The Morgan fingerprint density at radius 1 is 1.24 bits per heavy atom. The van der Waals surface area contributed by atoms with Gasteiger partial charge >= 0.3 is 0 Å². The van der Waals surface area contributed by atoms with Gasteiger partial charge in [0.15, 0.2) is 10.3 Å². The lowest BCUT2D eigenvalue weighted by molar-refractivity contribution is 0.625. The molecule has 0 radical (unpaired) electrons. The molecule has 0 saturated heterocycles. The van der Waals surface area contributed by atoms with Crippen LogP contribution in [0.25, 0.3) is 0 Å². The van der Waals surface area contributed by atoms with E-state index in [4.69, 9.17) is 5.73 Å². The second-order valence-electron chi connectivity index (χ2n) is 5.81. The van der Waals surface area contributed by atoms with Gasteiger partial charge in [-0.2, -0.15) is 0 Å². The first-order chi connectivity index (χ1) is 10.2. The highest BCUT2D eigenvalue weighted by Gasteiger charge is 2.36. The fraction of sp³-hybridized carbons (Fsp3) is 0.571. The van der Waals surface area contributed by atoms with E-state index < -0.39 is 0 Å². The van der Waals surface area contributed by atoms with E-state index in [9.17, 15) is 0 Å². The summed E-state index contributed by atoms with van der Waals surface area (Å²) in [5, 5.41) is 10.4. The van der Waals surface area contributed by atoms with E-state index in [1.807, 2.05) is 13.0 Å². The average molecular weight is 302 g/mol. The molecule has 2 aliphatic rings. The SMILES string of the molecule is Cc1cc(CN)nc(Sc2nnc(C3CC3)n2C2CC2)n1. The fourth-order valence-electron chi connectivity index (χ4n) is 2.49. The molecule has 2 heterocycles. The number of nitrogens with zero attached hydrogens (tertiary/aromatic N) is 5. The van der Waals surface area contributed by atoms with E-state index in [0.717, 1.165) is 22.4 Å². The van der Waals surface area contributed by atoms with Crippen LogP contribution < -0.4 is 5.73 Å². The predicted molar refractivity (Wildman–Crippen MR) is 79.1 cm³/mol. The minimum Gasteiger partial charge on any atom is -0.325 e. The molecule has 0 bridgehead atoms. The van der Waals surface area contributed by atoms with Crippen molar-refractivity contribution in [2.75, 3.05) is 0 Å². The molecule has 2 saturated carbocycles. The Balaban J connectivity index is 1.66. The summed E-state index contributed by atoms with van der Waals surface area (Å²) in [6.07, 6.45) is 4.95. The molecular weight excluding hydrogens is 284 g/mol. The summed E-state index contributed by atoms with van der Waals surface area (Å²) < 4.78 is 2.32. The molecule has 2 aliphatic carbocycles. The maximum atomic E-state index is 5.69. The Labute approximate surface area is 127 Å². The van der Waals surface area contributed by atoms with Gasteiger partial charge < -0.3 is 10.3 Å². The van der Waals surface area contributed by atoms with Gasteiger partial charge in [0, 0.05) is 24.2 Å². The Bertz CT molecular complexity index is 674. The Morgan fingerprint density at radius 3 is 2.71 bits per heavy atom. The van der Waals surface area contributed by atoms with Crippen LogP contribution in [0.15, 0.2) is 16.4 Å². The smallest absolute Gasteiger partial charge is 0.199 e. The van der Waals surface area contributed by atoms with Gasteiger partial charge in [0.2, 0.25) is 0 Å². The van der Waals surface area contributed by atoms with Gasteiger partial charge in [-0.3, -0.25) is 0 Å². The maximum Gasteiger partial charge on any atom is 0.199 e. The molecule has 2 aromatic rings. The van der Waals surface area contributed by atoms with Gasteiger partial charge in [-0.15, -0.1) is 10.2 Å². The van der Waals surface area contributed by atoms with Crippen molar-refractivity contribution in [1.82, 2.24) is 24.7 Å². The molecule has 0 aliphatic heterocycles. The fourth-order valence-corrected chi connectivity index (χ4v) is 3.43. The maximum absolute atomic E-state index is 5.69. The minimum absolute atomic E-state index is 0.430. The van der Waals surface area contributed by atoms with Crippen LogP contribution in [-0.4, -0.2) is 24.7 Å². The van der Waals surface area contributed by atoms with Crippen molar-refractivity contribution in [3.05, 3.63) is 23.3 Å². The summed E-state index contributed by atoms with van der Waals surface area (Å²) in [5.41, 5.74) is 7.49. The Morgan fingerprint density at radius 2 is 2.05 bits per heavy atom. The molecule has 110 valence electrons. The highest BCUT2D eigenvalue weighted by Crippen LogP contribution is 2.46. The zero-order chi connectivity index (χ0) is 14.4. The molecule has 0 unspecified atom stereocenters. The van der Waals surface area contributed by atoms with Gasteiger partial charge in [0.05, 0.1) is 5.69 Å². The third kappa shape index (κ3) is 2.67. The summed E-state index contributed by atoms with van der Waals surface area (Å²) in [4.78, 5) is 8.97. The van der Waals surface area contributed by atoms with Crippen molar-refractivity contribution in [3.63, 3.8) is 0 Å². The number of hydrogen-bond donors (Lipinski definition) is 1. The second-order valence-corrected chi connectivity index (χ2v) is 6.74. The second kappa shape index (κ2) is 5.06. The topological polar surface area (TPSA) is 82.5 Å². The van der Waals surface area contributed by atoms with E-state index in [1.54, 1.807) is 0 Å². The first-order valence-corrected chi connectivity index (χ1v) is 8.23. The molecule has 4 rings (SSSR count). The molecule has 0 aromatic carbocycles. The first kappa shape index (κ1) is 13.2. The first-order valence-electron chi connectivity index (χ1n) is 7.42. The van der Waals surface area contributed by atoms with Crippen molar-refractivity contribution in [1.29, 1.82) is 0 Å². The van der Waals surface area contributed by atoms with Crippen LogP contribution in [0.1, 0.15) is 54.9 Å². The van der Waals surface area contributed by atoms with Gasteiger partial charge in [0.25, 0.3) is 0 Å². The third-order valence-corrected chi connectivity index (χ3v) is 4.65. The Hall–Kier alpha value is -1.47. The van der Waals surface area contributed by atoms with Crippen LogP contribution in [0.2, 0.25) is 0 Å². The monoisotopic (exact) mass is 302 g/mol. The Kier molecular flexibility index (Phi) is 3.19. The average Bonchev–Trinajstić information content (AvgIpc) is 3.37. The van der Waals surface area contributed by atoms with Crippen molar-refractivity contribution in [2.24, 2.45) is 5.73 Å². The lowest BCUT2D eigenvalue weighted by Gasteiger charge is -2.08. The van der Waals surface area contributed by atoms with Crippen LogP contribution >= 0.6 is 11.8 Å². The number of aromatic nitrogens is 5. The number of nitrogens with two attached hydrogens (primary N) is 1. The van der Waals surface area contributed by atoms with Gasteiger partial charge in [0.1, 0.15) is 5.82 Å². The zero-order valence-electron chi connectivity index (χ0n) is 12.0. The summed E-state index contributed by atoms with van der Waals surface area (Å²) in [7, 11) is 0. The molecule has 6 nitrogen and oxygen atoms in total.